The van der Waals surface area contributed by atoms with Gasteiger partial charge in [0.25, 0.3) is 0 Å². The quantitative estimate of drug-likeness (QED) is 0.212. The van der Waals surface area contributed by atoms with Gasteiger partial charge in [-0.2, -0.15) is 0 Å². The zero-order valence-corrected chi connectivity index (χ0v) is 16.3. The van der Waals surface area contributed by atoms with Crippen LogP contribution in [0.2, 0.25) is 0 Å². The highest BCUT2D eigenvalue weighted by atomic mass is 16.4. The van der Waals surface area contributed by atoms with Crippen molar-refractivity contribution in [1.82, 2.24) is 16.0 Å². The Morgan fingerprint density at radius 3 is 2.19 bits per heavy atom. The smallest absolute Gasteiger partial charge is 0.326 e. The van der Waals surface area contributed by atoms with Gasteiger partial charge in [0.15, 0.2) is 0 Å². The van der Waals surface area contributed by atoms with Gasteiger partial charge in [0.05, 0.1) is 12.6 Å². The number of hydrogen-bond donors (Lipinski definition) is 6. The molecule has 0 aromatic rings. The van der Waals surface area contributed by atoms with Crippen LogP contribution >= 0.6 is 0 Å². The largest absolute Gasteiger partial charge is 0.480 e. The Labute approximate surface area is 159 Å². The Balaban J connectivity index is 4.37. The fourth-order valence-corrected chi connectivity index (χ4v) is 2.25. The van der Waals surface area contributed by atoms with Crippen molar-refractivity contribution in [2.24, 2.45) is 17.4 Å². The molecule has 0 aliphatic carbocycles. The Bertz CT molecular complexity index is 514. The summed E-state index contributed by atoms with van der Waals surface area (Å²) in [7, 11) is 0. The van der Waals surface area contributed by atoms with Gasteiger partial charge in [-0.15, -0.1) is 0 Å². The molecule has 4 unspecified atom stereocenters. The van der Waals surface area contributed by atoms with E-state index in [2.05, 4.69) is 16.0 Å². The van der Waals surface area contributed by atoms with E-state index in [1.165, 1.54) is 6.92 Å². The van der Waals surface area contributed by atoms with Crippen molar-refractivity contribution < 1.29 is 24.3 Å². The van der Waals surface area contributed by atoms with E-state index in [9.17, 15) is 19.2 Å². The number of nitrogens with one attached hydrogen (secondary N) is 3. The zero-order chi connectivity index (χ0) is 21.0. The second-order valence-corrected chi connectivity index (χ2v) is 6.61. The van der Waals surface area contributed by atoms with Crippen LogP contribution in [-0.2, 0) is 19.2 Å². The molecule has 8 N–H and O–H groups in total. The number of nitrogens with two attached hydrogens (primary N) is 2. The van der Waals surface area contributed by atoms with Crippen molar-refractivity contribution in [2.45, 2.75) is 64.6 Å². The summed E-state index contributed by atoms with van der Waals surface area (Å²) in [6.45, 7) is 5.14. The fraction of sp³-hybridized carbons (Fsp3) is 0.765. The molecule has 3 amide bonds. The number of amides is 3. The van der Waals surface area contributed by atoms with Crippen molar-refractivity contribution in [3.8, 4) is 0 Å². The van der Waals surface area contributed by atoms with E-state index in [1.54, 1.807) is 6.92 Å². The average molecular weight is 387 g/mol. The molecule has 0 spiro atoms. The van der Waals surface area contributed by atoms with E-state index < -0.39 is 41.8 Å². The normalized spacial score (nSPS) is 15.1. The summed E-state index contributed by atoms with van der Waals surface area (Å²) in [4.78, 5) is 47.0. The summed E-state index contributed by atoms with van der Waals surface area (Å²) in [5, 5.41) is 16.4. The molecule has 10 nitrogen and oxygen atoms in total. The third-order valence-electron chi connectivity index (χ3n) is 4.28. The number of hydrogen-bond acceptors (Lipinski definition) is 6. The minimum Gasteiger partial charge on any atom is -0.480 e. The van der Waals surface area contributed by atoms with E-state index in [0.717, 1.165) is 6.42 Å². The number of unbranched alkanes of at least 4 members (excludes halogenated alkanes) is 1. The number of carboxylic acids is 1. The molecule has 156 valence electrons. The van der Waals surface area contributed by atoms with Gasteiger partial charge in [0, 0.05) is 0 Å². The summed E-state index contributed by atoms with van der Waals surface area (Å²) in [6, 6.07) is -2.64. The van der Waals surface area contributed by atoms with E-state index in [-0.39, 0.29) is 12.5 Å². The van der Waals surface area contributed by atoms with Crippen LogP contribution in [0.1, 0.15) is 46.5 Å². The van der Waals surface area contributed by atoms with Crippen molar-refractivity contribution >= 4 is 23.7 Å². The predicted molar refractivity (Wildman–Crippen MR) is 101 cm³/mol. The molecular formula is C17H33N5O5. The van der Waals surface area contributed by atoms with Crippen molar-refractivity contribution in [1.29, 1.82) is 0 Å². The second-order valence-electron chi connectivity index (χ2n) is 6.61. The lowest BCUT2D eigenvalue weighted by molar-refractivity contribution is -0.143. The molecule has 0 rings (SSSR count). The lowest BCUT2D eigenvalue weighted by Gasteiger charge is -2.21. The van der Waals surface area contributed by atoms with E-state index >= 15 is 0 Å². The Morgan fingerprint density at radius 2 is 1.67 bits per heavy atom. The topological polar surface area (TPSA) is 177 Å². The van der Waals surface area contributed by atoms with Crippen molar-refractivity contribution in [2.75, 3.05) is 13.1 Å². The van der Waals surface area contributed by atoms with Gasteiger partial charge in [-0.1, -0.05) is 26.7 Å². The second kappa shape index (κ2) is 13.0. The maximum Gasteiger partial charge on any atom is 0.326 e. The van der Waals surface area contributed by atoms with Crippen LogP contribution in [0.5, 0.6) is 0 Å². The van der Waals surface area contributed by atoms with E-state index in [0.29, 0.717) is 25.8 Å². The Morgan fingerprint density at radius 1 is 1.04 bits per heavy atom. The third-order valence-corrected chi connectivity index (χ3v) is 4.28. The van der Waals surface area contributed by atoms with Gasteiger partial charge in [-0.25, -0.2) is 4.79 Å². The summed E-state index contributed by atoms with van der Waals surface area (Å²) in [5.74, 6) is -3.02. The molecule has 27 heavy (non-hydrogen) atoms. The van der Waals surface area contributed by atoms with Gasteiger partial charge in [0.1, 0.15) is 12.1 Å². The maximum absolute atomic E-state index is 12.0. The lowest BCUT2D eigenvalue weighted by atomic mass is 9.99. The third kappa shape index (κ3) is 9.90. The monoisotopic (exact) mass is 387 g/mol. The van der Waals surface area contributed by atoms with Gasteiger partial charge in [0.2, 0.25) is 17.7 Å². The number of carboxylic acid groups (broad SMARTS) is 1. The minimum atomic E-state index is -1.13. The van der Waals surface area contributed by atoms with Crippen LogP contribution < -0.4 is 27.4 Å². The maximum atomic E-state index is 12.0. The standard InChI is InChI=1S/C17H33N5O5/c1-4-10(2)14(17(26)27)22-13(23)9-20-15(24)11(3)21-16(25)12(19)7-5-6-8-18/h10-12,14H,4-9,18-19H2,1-3H3,(H,20,24)(H,21,25)(H,22,23)(H,26,27). The first-order valence-electron chi connectivity index (χ1n) is 9.19. The lowest BCUT2D eigenvalue weighted by Crippen LogP contribution is -2.53. The van der Waals surface area contributed by atoms with Gasteiger partial charge in [-0.3, -0.25) is 14.4 Å². The van der Waals surface area contributed by atoms with Crippen LogP contribution in [0.25, 0.3) is 0 Å². The number of aliphatic carboxylic acids is 1. The summed E-state index contributed by atoms with van der Waals surface area (Å²) in [5.41, 5.74) is 11.1. The first-order valence-corrected chi connectivity index (χ1v) is 9.19. The molecule has 0 saturated heterocycles. The molecule has 4 atom stereocenters. The summed E-state index contributed by atoms with van der Waals surface area (Å²) >= 11 is 0. The van der Waals surface area contributed by atoms with Crippen LogP contribution in [0.15, 0.2) is 0 Å². The molecule has 0 bridgehead atoms. The highest BCUT2D eigenvalue weighted by molar-refractivity contribution is 5.92. The Hall–Kier alpha value is -2.20. The SMILES string of the molecule is CCC(C)C(NC(=O)CNC(=O)C(C)NC(=O)C(N)CCCCN)C(=O)O. The highest BCUT2D eigenvalue weighted by Gasteiger charge is 2.26. The van der Waals surface area contributed by atoms with E-state index in [1.807, 2.05) is 6.92 Å². The molecule has 10 heteroatoms. The Kier molecular flexibility index (Phi) is 12.0. The molecule has 0 aromatic heterocycles. The van der Waals surface area contributed by atoms with Crippen LogP contribution in [0, 0.1) is 5.92 Å². The van der Waals surface area contributed by atoms with Gasteiger partial charge in [-0.05, 0) is 32.2 Å². The van der Waals surface area contributed by atoms with Crippen LogP contribution in [0.3, 0.4) is 0 Å². The summed E-state index contributed by atoms with van der Waals surface area (Å²) in [6.07, 6.45) is 2.52. The van der Waals surface area contributed by atoms with Gasteiger partial charge >= 0.3 is 5.97 Å². The predicted octanol–water partition coefficient (Wildman–Crippen LogP) is -1.32. The number of carbonyl (C=O) groups excluding carboxylic acids is 3. The first kappa shape index (κ1) is 24.8. The average Bonchev–Trinajstić information content (AvgIpc) is 2.62. The highest BCUT2D eigenvalue weighted by Crippen LogP contribution is 2.07. The molecule has 0 radical (unpaired) electrons. The zero-order valence-electron chi connectivity index (χ0n) is 16.3. The fourth-order valence-electron chi connectivity index (χ4n) is 2.25. The van der Waals surface area contributed by atoms with Crippen LogP contribution in [-0.4, -0.2) is 60.0 Å². The van der Waals surface area contributed by atoms with Gasteiger partial charge < -0.3 is 32.5 Å². The van der Waals surface area contributed by atoms with Crippen LogP contribution in [0.4, 0.5) is 0 Å². The van der Waals surface area contributed by atoms with Crippen molar-refractivity contribution in [3.63, 3.8) is 0 Å². The molecule has 0 saturated carbocycles. The molecule has 0 heterocycles. The number of carbonyl (C=O) groups is 4. The first-order chi connectivity index (χ1) is 12.6. The number of rotatable bonds is 13. The molecular weight excluding hydrogens is 354 g/mol. The molecule has 0 fully saturated rings. The molecule has 0 aliphatic rings. The molecule has 0 aromatic carbocycles. The minimum absolute atomic E-state index is 0.249. The van der Waals surface area contributed by atoms with E-state index in [4.69, 9.17) is 16.6 Å². The molecule has 0 aliphatic heterocycles. The van der Waals surface area contributed by atoms with Crippen molar-refractivity contribution in [3.05, 3.63) is 0 Å². The summed E-state index contributed by atoms with van der Waals surface area (Å²) < 4.78 is 0.